The first-order valence-electron chi connectivity index (χ1n) is 10.4. The number of hydrogen-bond acceptors (Lipinski definition) is 2. The average molecular weight is 411 g/mol. The largest absolute Gasteiger partial charge is 0.388 e. The normalized spacial score (nSPS) is 12.4. The number of methoxy groups -OCH3 is 2. The second kappa shape index (κ2) is 10.7. The number of benzene rings is 4. The molecule has 1 aliphatic rings. The molecule has 0 heterocycles. The van der Waals surface area contributed by atoms with Gasteiger partial charge in [-0.05, 0) is 33.4 Å². The maximum atomic E-state index is 4.25. The van der Waals surface area contributed by atoms with Crippen molar-refractivity contribution in [3.05, 3.63) is 131 Å². The van der Waals surface area contributed by atoms with Crippen LogP contribution < -0.4 is 0 Å². The first-order valence-corrected chi connectivity index (χ1v) is 10.4. The third-order valence-electron chi connectivity index (χ3n) is 5.37. The van der Waals surface area contributed by atoms with Crippen molar-refractivity contribution in [2.75, 3.05) is 28.4 Å². The molecule has 1 aliphatic carbocycles. The highest BCUT2D eigenvalue weighted by atomic mass is 16.5. The van der Waals surface area contributed by atoms with E-state index in [1.165, 1.54) is 33.4 Å². The predicted molar refractivity (Wildman–Crippen MR) is 130 cm³/mol. The highest BCUT2D eigenvalue weighted by Crippen LogP contribution is 2.55. The SMILES string of the molecule is COC.COC.c1ccc(C2(c3ccccc3)c3ccccc3-c3ccccc32)cc1. The molecule has 0 fully saturated rings. The van der Waals surface area contributed by atoms with Crippen LogP contribution in [0.1, 0.15) is 22.3 Å². The van der Waals surface area contributed by atoms with Crippen LogP contribution in [0.4, 0.5) is 0 Å². The first-order chi connectivity index (χ1) is 15.2. The molecule has 0 atom stereocenters. The molecule has 4 aromatic rings. The lowest BCUT2D eigenvalue weighted by molar-refractivity contribution is 0.277. The van der Waals surface area contributed by atoms with Gasteiger partial charge < -0.3 is 9.47 Å². The summed E-state index contributed by atoms with van der Waals surface area (Å²) in [5.41, 5.74) is 7.80. The summed E-state index contributed by atoms with van der Waals surface area (Å²) in [5, 5.41) is 0. The standard InChI is InChI=1S/C25H18.2C2H6O/c1-3-11-19(12-4-1)25(20-13-5-2-6-14-20)23-17-9-7-15-21(23)22-16-8-10-18-24(22)25;2*1-3-2/h1-18H;2*1-2H3. The van der Waals surface area contributed by atoms with Crippen molar-refractivity contribution in [1.29, 1.82) is 0 Å². The van der Waals surface area contributed by atoms with Gasteiger partial charge in [0.05, 0.1) is 5.41 Å². The van der Waals surface area contributed by atoms with Gasteiger partial charge in [0.25, 0.3) is 0 Å². The van der Waals surface area contributed by atoms with Gasteiger partial charge in [-0.15, -0.1) is 0 Å². The Labute approximate surface area is 186 Å². The van der Waals surface area contributed by atoms with E-state index < -0.39 is 0 Å². The zero-order valence-electron chi connectivity index (χ0n) is 18.7. The Hall–Kier alpha value is -3.20. The molecule has 0 aromatic heterocycles. The van der Waals surface area contributed by atoms with Crippen LogP contribution in [-0.2, 0) is 14.9 Å². The lowest BCUT2D eigenvalue weighted by Crippen LogP contribution is -2.28. The summed E-state index contributed by atoms with van der Waals surface area (Å²) in [5.74, 6) is 0. The van der Waals surface area contributed by atoms with Gasteiger partial charge in [-0.25, -0.2) is 0 Å². The summed E-state index contributed by atoms with van der Waals surface area (Å²) >= 11 is 0. The molecule has 0 N–H and O–H groups in total. The molecule has 0 radical (unpaired) electrons. The third-order valence-corrected chi connectivity index (χ3v) is 5.37. The van der Waals surface area contributed by atoms with Crippen molar-refractivity contribution >= 4 is 0 Å². The number of fused-ring (bicyclic) bond motifs is 3. The van der Waals surface area contributed by atoms with E-state index in [1.54, 1.807) is 28.4 Å². The van der Waals surface area contributed by atoms with E-state index in [4.69, 9.17) is 0 Å². The van der Waals surface area contributed by atoms with E-state index in [0.29, 0.717) is 0 Å². The molecule has 2 nitrogen and oxygen atoms in total. The fraction of sp³-hybridized carbons (Fsp3) is 0.172. The van der Waals surface area contributed by atoms with Gasteiger partial charge in [-0.2, -0.15) is 0 Å². The summed E-state index contributed by atoms with van der Waals surface area (Å²) in [6, 6.07) is 39.5. The fourth-order valence-corrected chi connectivity index (χ4v) is 4.40. The molecule has 0 aliphatic heterocycles. The smallest absolute Gasteiger partial charge is 0.0713 e. The minimum Gasteiger partial charge on any atom is -0.388 e. The van der Waals surface area contributed by atoms with Crippen LogP contribution in [0.15, 0.2) is 109 Å². The van der Waals surface area contributed by atoms with E-state index in [0.717, 1.165) is 0 Å². The van der Waals surface area contributed by atoms with E-state index >= 15 is 0 Å². The summed E-state index contributed by atoms with van der Waals surface area (Å²) in [4.78, 5) is 0. The molecule has 4 aromatic carbocycles. The van der Waals surface area contributed by atoms with Crippen molar-refractivity contribution in [2.24, 2.45) is 0 Å². The van der Waals surface area contributed by atoms with Gasteiger partial charge in [0.15, 0.2) is 0 Å². The molecule has 2 heteroatoms. The number of ether oxygens (including phenoxy) is 2. The lowest BCUT2D eigenvalue weighted by Gasteiger charge is -2.33. The Morgan fingerprint density at radius 1 is 0.419 bits per heavy atom. The Balaban J connectivity index is 0.000000411. The number of hydrogen-bond donors (Lipinski definition) is 0. The first kappa shape index (κ1) is 22.5. The zero-order valence-corrected chi connectivity index (χ0v) is 18.7. The maximum Gasteiger partial charge on any atom is 0.0713 e. The zero-order chi connectivity index (χ0) is 22.1. The van der Waals surface area contributed by atoms with Crippen molar-refractivity contribution in [2.45, 2.75) is 5.41 Å². The molecule has 0 bridgehead atoms. The van der Waals surface area contributed by atoms with Crippen molar-refractivity contribution in [3.8, 4) is 11.1 Å². The van der Waals surface area contributed by atoms with Crippen LogP contribution >= 0.6 is 0 Å². The minimum atomic E-state index is -0.254. The van der Waals surface area contributed by atoms with Gasteiger partial charge in [-0.1, -0.05) is 109 Å². The van der Waals surface area contributed by atoms with Crippen LogP contribution in [0.5, 0.6) is 0 Å². The average Bonchev–Trinajstić information content (AvgIpc) is 3.13. The molecule has 0 saturated carbocycles. The van der Waals surface area contributed by atoms with E-state index in [-0.39, 0.29) is 5.41 Å². The van der Waals surface area contributed by atoms with Gasteiger partial charge in [0.2, 0.25) is 0 Å². The summed E-state index contributed by atoms with van der Waals surface area (Å²) < 4.78 is 8.50. The Morgan fingerprint density at radius 2 is 0.710 bits per heavy atom. The second-order valence-corrected chi connectivity index (χ2v) is 7.39. The lowest BCUT2D eigenvalue weighted by atomic mass is 9.68. The molecule has 0 spiro atoms. The summed E-state index contributed by atoms with van der Waals surface area (Å²) in [6.45, 7) is 0. The van der Waals surface area contributed by atoms with E-state index in [1.807, 2.05) is 0 Å². The van der Waals surface area contributed by atoms with Crippen molar-refractivity contribution < 1.29 is 9.47 Å². The Morgan fingerprint density at radius 3 is 1.06 bits per heavy atom. The van der Waals surface area contributed by atoms with E-state index in [2.05, 4.69) is 119 Å². The van der Waals surface area contributed by atoms with Gasteiger partial charge in [-0.3, -0.25) is 0 Å². The van der Waals surface area contributed by atoms with Crippen LogP contribution in [-0.4, -0.2) is 28.4 Å². The molecule has 0 unspecified atom stereocenters. The summed E-state index contributed by atoms with van der Waals surface area (Å²) in [7, 11) is 6.50. The molecule has 0 amide bonds. The highest BCUT2D eigenvalue weighted by Gasteiger charge is 2.45. The molecular formula is C29H30O2. The predicted octanol–water partition coefficient (Wildman–Crippen LogP) is 6.57. The molecule has 31 heavy (non-hydrogen) atoms. The molecule has 158 valence electrons. The van der Waals surface area contributed by atoms with Crippen molar-refractivity contribution in [1.82, 2.24) is 0 Å². The quantitative estimate of drug-likeness (QED) is 0.327. The maximum absolute atomic E-state index is 4.25. The minimum absolute atomic E-state index is 0.254. The van der Waals surface area contributed by atoms with Crippen LogP contribution in [0.2, 0.25) is 0 Å². The second-order valence-electron chi connectivity index (χ2n) is 7.39. The fourth-order valence-electron chi connectivity index (χ4n) is 4.40. The van der Waals surface area contributed by atoms with Gasteiger partial charge in [0.1, 0.15) is 0 Å². The Bertz CT molecular complexity index is 983. The highest BCUT2D eigenvalue weighted by molar-refractivity contribution is 5.86. The van der Waals surface area contributed by atoms with Crippen molar-refractivity contribution in [3.63, 3.8) is 0 Å². The monoisotopic (exact) mass is 410 g/mol. The van der Waals surface area contributed by atoms with Crippen LogP contribution in [0.3, 0.4) is 0 Å². The Kier molecular flexibility index (Phi) is 7.77. The van der Waals surface area contributed by atoms with E-state index in [9.17, 15) is 0 Å². The van der Waals surface area contributed by atoms with Gasteiger partial charge >= 0.3 is 0 Å². The molecule has 5 rings (SSSR count). The van der Waals surface area contributed by atoms with Crippen LogP contribution in [0, 0.1) is 0 Å². The molecule has 0 saturated heterocycles. The topological polar surface area (TPSA) is 18.5 Å². The third kappa shape index (κ3) is 4.18. The number of rotatable bonds is 2. The summed E-state index contributed by atoms with van der Waals surface area (Å²) in [6.07, 6.45) is 0. The van der Waals surface area contributed by atoms with Gasteiger partial charge in [0, 0.05) is 28.4 Å². The molecular weight excluding hydrogens is 380 g/mol. The van der Waals surface area contributed by atoms with Crippen LogP contribution in [0.25, 0.3) is 11.1 Å².